The Hall–Kier alpha value is -6.76. The molecule has 0 fully saturated rings. The summed E-state index contributed by atoms with van der Waals surface area (Å²) in [6.45, 7) is 0. The molecule has 0 nitrogen and oxygen atoms in total. The molecule has 0 saturated heterocycles. The Bertz CT molecular complexity index is 4870. The van der Waals surface area contributed by atoms with Crippen LogP contribution < -0.4 is 0 Å². The van der Waals surface area contributed by atoms with Gasteiger partial charge in [0.2, 0.25) is 0 Å². The van der Waals surface area contributed by atoms with Crippen LogP contribution in [0.15, 0.2) is 205 Å². The molecule has 0 bridgehead atoms. The maximum absolute atomic E-state index is 10.2. The lowest BCUT2D eigenvalue weighted by Crippen LogP contribution is -2.33. The van der Waals surface area contributed by atoms with Crippen molar-refractivity contribution in [1.82, 2.24) is 0 Å². The largest absolute Gasteiger partial charge is 0.0713 e. The highest BCUT2D eigenvalue weighted by atomic mass is 14.4. The zero-order chi connectivity index (χ0) is 64.5. The molecule has 0 saturated carbocycles. The van der Waals surface area contributed by atoms with Crippen LogP contribution in [0.3, 0.4) is 0 Å². The second kappa shape index (κ2) is 11.6. The highest BCUT2D eigenvalue weighted by molar-refractivity contribution is 6.20. The monoisotopic (exact) mass is 704 g/mol. The first-order chi connectivity index (χ1) is 40.5. The summed E-state index contributed by atoms with van der Waals surface area (Å²) in [5, 5.41) is -5.82. The second-order valence-electron chi connectivity index (χ2n) is 11.8. The molecule has 11 rings (SSSR count). The fourth-order valence-corrected chi connectivity index (χ4v) is 7.03. The molecule has 0 aliphatic heterocycles. The number of benzene rings is 10. The maximum atomic E-state index is 10.2. The van der Waals surface area contributed by atoms with E-state index in [2.05, 4.69) is 0 Å². The van der Waals surface area contributed by atoms with Crippen molar-refractivity contribution in [2.24, 2.45) is 0 Å². The molecule has 0 heterocycles. The van der Waals surface area contributed by atoms with Gasteiger partial charge in [0.15, 0.2) is 0 Å². The van der Waals surface area contributed by atoms with Gasteiger partial charge in [0.05, 0.1) is 52.0 Å². The van der Waals surface area contributed by atoms with Crippen molar-refractivity contribution in [3.63, 3.8) is 0 Å². The molecule has 0 radical (unpaired) electrons. The van der Waals surface area contributed by atoms with Gasteiger partial charge in [-0.2, -0.15) is 0 Å². The molecule has 0 aromatic heterocycles. The topological polar surface area (TPSA) is 0 Å². The van der Waals surface area contributed by atoms with E-state index in [0.29, 0.717) is 0 Å². The van der Waals surface area contributed by atoms with Crippen LogP contribution in [-0.2, 0) is 5.41 Å². The molecule has 0 unspecified atom stereocenters. The van der Waals surface area contributed by atoms with Gasteiger partial charge in [-0.15, -0.1) is 0 Å². The second-order valence-corrected chi connectivity index (χ2v) is 11.8. The summed E-state index contributed by atoms with van der Waals surface area (Å²) in [7, 11) is 0. The maximum Gasteiger partial charge on any atom is 0.0713 e. The Morgan fingerprint density at radius 1 is 0.321 bits per heavy atom. The summed E-state index contributed by atoms with van der Waals surface area (Å²) in [6.07, 6.45) is 0. The van der Waals surface area contributed by atoms with Crippen LogP contribution in [-0.4, -0.2) is 0 Å². The van der Waals surface area contributed by atoms with Crippen molar-refractivity contribution in [1.29, 1.82) is 0 Å². The van der Waals surface area contributed by atoms with E-state index >= 15 is 0 Å². The molecule has 0 heteroatoms. The minimum atomic E-state index is -3.44. The van der Waals surface area contributed by atoms with E-state index in [1.54, 1.807) is 0 Å². The summed E-state index contributed by atoms with van der Waals surface area (Å²) < 4.78 is 315. The van der Waals surface area contributed by atoms with Gasteiger partial charge in [-0.3, -0.25) is 0 Å². The number of hydrogen-bond acceptors (Lipinski definition) is 0. The van der Waals surface area contributed by atoms with Crippen molar-refractivity contribution in [3.8, 4) is 33.4 Å². The molecule has 246 valence electrons. The third kappa shape index (κ3) is 4.30. The van der Waals surface area contributed by atoms with E-state index in [4.69, 9.17) is 21.9 Å². The van der Waals surface area contributed by atoms with Gasteiger partial charge in [0.25, 0.3) is 0 Å². The van der Waals surface area contributed by atoms with Crippen molar-refractivity contribution >= 4 is 43.1 Å². The zero-order valence-electron chi connectivity index (χ0n) is 60.5. The minimum absolute atomic E-state index is 0.604. The highest BCUT2D eigenvalue weighted by Gasteiger charge is 2.44. The summed E-state index contributed by atoms with van der Waals surface area (Å²) in [6, 6.07) is -37.6. The van der Waals surface area contributed by atoms with Crippen LogP contribution in [0.5, 0.6) is 0 Å². The van der Waals surface area contributed by atoms with E-state index in [9.17, 15) is 24.7 Å². The number of hydrogen-bond donors (Lipinski definition) is 0. The summed E-state index contributed by atoms with van der Waals surface area (Å²) in [5.41, 5.74) is -13.3. The Labute approximate surface area is 357 Å². The van der Waals surface area contributed by atoms with Gasteiger partial charge >= 0.3 is 0 Å². The van der Waals surface area contributed by atoms with Gasteiger partial charge < -0.3 is 0 Å². The van der Waals surface area contributed by atoms with Crippen LogP contribution in [0, 0.1) is 0 Å². The van der Waals surface area contributed by atoms with E-state index < -0.39 is 310 Å². The van der Waals surface area contributed by atoms with E-state index in [1.807, 2.05) is 0 Å². The first-order valence-electron chi connectivity index (χ1n) is 32.8. The van der Waals surface area contributed by atoms with Crippen LogP contribution in [0.2, 0.25) is 0 Å². The summed E-state index contributed by atoms with van der Waals surface area (Å²) in [4.78, 5) is 0. The quantitative estimate of drug-likeness (QED) is 0.126. The summed E-state index contributed by atoms with van der Waals surface area (Å²) in [5.74, 6) is 0. The average molecular weight is 705 g/mol. The lowest BCUT2D eigenvalue weighted by molar-refractivity contribution is 0.750. The van der Waals surface area contributed by atoms with Gasteiger partial charge in [-0.05, 0) is 105 Å². The standard InChI is InChI=1S/C53H34/c1-3-16-39(17-4-1)53(40-18-5-2-6-19-40)49-25-12-11-22-44(49)46-24-13-23-45-42(32-33-50(53)52(45)46)36-26-28-37(29-27-36)51-43-21-10-8-15-38(43)34-48-41-20-9-7-14-35(41)30-31-47(48)51/h1-34H/i1D,2D,3D,4D,5D,6D,7D,8D,9D,10D,11D,12D,13D,14D,15D,16D,17D,18D,19D,20D,21D,22D,23D,24D,25D,26D,27D,28D,29D,30D,31D,32D,33D,34D. The first-order valence-corrected chi connectivity index (χ1v) is 15.8. The molecule has 10 aromatic rings. The molecule has 0 atom stereocenters. The van der Waals surface area contributed by atoms with Crippen LogP contribution >= 0.6 is 0 Å². The van der Waals surface area contributed by atoms with E-state index in [1.165, 1.54) is 0 Å². The fraction of sp³-hybridized carbons (Fsp3) is 0.0189. The number of rotatable bonds is 4. The molecule has 0 amide bonds. The molecule has 53 heavy (non-hydrogen) atoms. The fourth-order valence-electron chi connectivity index (χ4n) is 7.03. The van der Waals surface area contributed by atoms with Crippen molar-refractivity contribution in [2.45, 2.75) is 5.41 Å². The summed E-state index contributed by atoms with van der Waals surface area (Å²) >= 11 is 0. The first kappa shape index (κ1) is 11.6. The SMILES string of the molecule is [2H]c1c([2H])c([2H])c(C2(c3c([2H])c([2H])c([2H])c([2H])c3[2H])c3c([2H])c([2H])c([2H])c([2H])c3-c3c([2H])c([2H])c([2H])c4c(-c5c([2H])c([2H])c(-c6c7c([2H])c([2H])c([2H])c([2H])c7c([2H])c7c6c([2H])c([2H])c6c([2H])c([2H])c([2H])c([2H])c67)c([2H])c5[2H])c([2H])c([2H])c2c34)c([2H])c1[2H]. The Morgan fingerprint density at radius 3 is 1.70 bits per heavy atom. The smallest absolute Gasteiger partial charge is 0.0622 e. The Balaban J connectivity index is 1.43. The zero-order valence-corrected chi connectivity index (χ0v) is 26.5. The molecule has 10 aromatic carbocycles. The van der Waals surface area contributed by atoms with Crippen LogP contribution in [0.1, 0.15) is 68.9 Å². The highest BCUT2D eigenvalue weighted by Crippen LogP contribution is 2.56. The lowest BCUT2D eigenvalue weighted by Gasteiger charge is -2.42. The molecule has 0 spiro atoms. The minimum Gasteiger partial charge on any atom is -0.0622 e. The molecule has 1 aliphatic carbocycles. The average Bonchev–Trinajstić information content (AvgIpc) is 0.662. The lowest BCUT2D eigenvalue weighted by atomic mass is 9.59. The van der Waals surface area contributed by atoms with Crippen molar-refractivity contribution in [3.05, 3.63) is 228 Å². The van der Waals surface area contributed by atoms with Gasteiger partial charge in [-0.1, -0.05) is 199 Å². The van der Waals surface area contributed by atoms with E-state index in [0.717, 1.165) is 0 Å². The van der Waals surface area contributed by atoms with Crippen LogP contribution in [0.25, 0.3) is 76.5 Å². The number of fused-ring (bicyclic) bond motifs is 6. The van der Waals surface area contributed by atoms with Gasteiger partial charge in [0.1, 0.15) is 0 Å². The molecule has 1 aliphatic rings. The van der Waals surface area contributed by atoms with E-state index in [-0.39, 0.29) is 0 Å². The van der Waals surface area contributed by atoms with Crippen molar-refractivity contribution in [2.75, 3.05) is 0 Å². The molecular weight excluding hydrogens is 637 g/mol. The third-order valence-corrected chi connectivity index (χ3v) is 9.19. The molecular formula is C53H34. The third-order valence-electron chi connectivity index (χ3n) is 9.19. The van der Waals surface area contributed by atoms with Crippen molar-refractivity contribution < 1.29 is 46.6 Å². The van der Waals surface area contributed by atoms with Gasteiger partial charge in [-0.25, -0.2) is 0 Å². The van der Waals surface area contributed by atoms with Crippen LogP contribution in [0.4, 0.5) is 0 Å². The van der Waals surface area contributed by atoms with Gasteiger partial charge in [0, 0.05) is 0 Å². The Kier molecular flexibility index (Phi) is 2.55. The Morgan fingerprint density at radius 2 is 0.925 bits per heavy atom. The predicted octanol–water partition coefficient (Wildman–Crippen LogP) is 14.0. The predicted molar refractivity (Wildman–Crippen MR) is 225 cm³/mol. The normalized spacial score (nSPS) is 22.0. The molecule has 0 N–H and O–H groups in total.